The van der Waals surface area contributed by atoms with E-state index in [0.717, 1.165) is 13.0 Å². The second-order valence-electron chi connectivity index (χ2n) is 8.94. The first-order valence-corrected chi connectivity index (χ1v) is 12.4. The van der Waals surface area contributed by atoms with E-state index in [1.807, 2.05) is 23.2 Å². The van der Waals surface area contributed by atoms with Crippen molar-refractivity contribution in [2.75, 3.05) is 32.7 Å². The number of hydrogen-bond donors (Lipinski definition) is 0. The smallest absolute Gasteiger partial charge is 0.289 e. The fourth-order valence-corrected chi connectivity index (χ4v) is 6.00. The Kier molecular flexibility index (Phi) is 6.08. The van der Waals surface area contributed by atoms with Crippen LogP contribution >= 0.6 is 11.3 Å². The summed E-state index contributed by atoms with van der Waals surface area (Å²) in [6.07, 6.45) is 2.49. The molecule has 1 saturated heterocycles. The number of aryl methyl sites for hydroxylation is 1. The molecule has 0 spiro atoms. The van der Waals surface area contributed by atoms with E-state index in [0.29, 0.717) is 31.9 Å². The van der Waals surface area contributed by atoms with Crippen LogP contribution in [0, 0.1) is 6.92 Å². The Balaban J connectivity index is 1.30. The van der Waals surface area contributed by atoms with Crippen molar-refractivity contribution in [3.63, 3.8) is 0 Å². The monoisotopic (exact) mass is 463 g/mol. The molecule has 7 heteroatoms. The van der Waals surface area contributed by atoms with Crippen molar-refractivity contribution in [1.82, 2.24) is 14.7 Å². The van der Waals surface area contributed by atoms with Gasteiger partial charge in [-0.2, -0.15) is 0 Å². The van der Waals surface area contributed by atoms with E-state index < -0.39 is 0 Å². The van der Waals surface area contributed by atoms with E-state index in [1.165, 1.54) is 27.8 Å². The van der Waals surface area contributed by atoms with Crippen molar-refractivity contribution in [3.05, 3.63) is 81.4 Å². The first-order chi connectivity index (χ1) is 16.0. The number of nitrogens with zero attached hydrogens (tertiary/aromatic N) is 3. The van der Waals surface area contributed by atoms with Crippen LogP contribution < -0.4 is 0 Å². The van der Waals surface area contributed by atoms with E-state index >= 15 is 0 Å². The number of carbonyl (C=O) groups excluding carboxylic acids is 2. The minimum atomic E-state index is -0.111. The average Bonchev–Trinajstić information content (AvgIpc) is 3.51. The van der Waals surface area contributed by atoms with Crippen LogP contribution in [0.2, 0.25) is 0 Å². The molecule has 6 nitrogen and oxygen atoms in total. The van der Waals surface area contributed by atoms with Gasteiger partial charge in [0.2, 0.25) is 5.91 Å². The number of benzene rings is 1. The predicted molar refractivity (Wildman–Crippen MR) is 128 cm³/mol. The van der Waals surface area contributed by atoms with Crippen LogP contribution in [0.1, 0.15) is 45.1 Å². The summed E-state index contributed by atoms with van der Waals surface area (Å²) in [6, 6.07) is 14.2. The fourth-order valence-electron chi connectivity index (χ4n) is 5.10. The summed E-state index contributed by atoms with van der Waals surface area (Å²) in [7, 11) is 0. The van der Waals surface area contributed by atoms with Crippen LogP contribution in [-0.2, 0) is 11.2 Å². The van der Waals surface area contributed by atoms with E-state index in [-0.39, 0.29) is 23.9 Å². The molecule has 2 aromatic heterocycles. The average molecular weight is 464 g/mol. The van der Waals surface area contributed by atoms with Gasteiger partial charge in [0.15, 0.2) is 5.76 Å². The molecule has 2 aliphatic rings. The molecule has 0 N–H and O–H groups in total. The van der Waals surface area contributed by atoms with Gasteiger partial charge in [0.25, 0.3) is 5.91 Å². The first kappa shape index (κ1) is 21.9. The fraction of sp³-hybridized carbons (Fsp3) is 0.385. The van der Waals surface area contributed by atoms with Crippen molar-refractivity contribution in [3.8, 4) is 0 Å². The molecule has 3 aromatic rings. The summed E-state index contributed by atoms with van der Waals surface area (Å²) >= 11 is 1.81. The summed E-state index contributed by atoms with van der Waals surface area (Å²) < 4.78 is 5.28. The molecular formula is C26H29N3O3S. The zero-order valence-electron chi connectivity index (χ0n) is 19.1. The number of rotatable bonds is 4. The lowest BCUT2D eigenvalue weighted by Gasteiger charge is -2.41. The summed E-state index contributed by atoms with van der Waals surface area (Å²) in [5, 5.41) is 2.16. The SMILES string of the molecule is Cc1ccccc1C1c2ccsc2CCN1CC(=O)N1CCN(C(=O)c2ccco2)C(C)C1. The van der Waals surface area contributed by atoms with Gasteiger partial charge in [-0.05, 0) is 60.5 Å². The lowest BCUT2D eigenvalue weighted by molar-refractivity contribution is -0.135. The van der Waals surface area contributed by atoms with Gasteiger partial charge in [-0.15, -0.1) is 11.3 Å². The Morgan fingerprint density at radius 1 is 1.06 bits per heavy atom. The number of furan rings is 1. The van der Waals surface area contributed by atoms with Gasteiger partial charge in [0.05, 0.1) is 18.8 Å². The lowest BCUT2D eigenvalue weighted by atomic mass is 9.90. The third kappa shape index (κ3) is 4.23. The third-order valence-electron chi connectivity index (χ3n) is 6.86. The second-order valence-corrected chi connectivity index (χ2v) is 9.94. The zero-order valence-corrected chi connectivity index (χ0v) is 19.9. The number of fused-ring (bicyclic) bond motifs is 1. The van der Waals surface area contributed by atoms with Gasteiger partial charge in [-0.1, -0.05) is 24.3 Å². The summed E-state index contributed by atoms with van der Waals surface area (Å²) in [5.41, 5.74) is 3.85. The minimum Gasteiger partial charge on any atom is -0.459 e. The number of carbonyl (C=O) groups is 2. The zero-order chi connectivity index (χ0) is 22.9. The van der Waals surface area contributed by atoms with Crippen LogP contribution in [0.15, 0.2) is 58.5 Å². The highest BCUT2D eigenvalue weighted by atomic mass is 32.1. The lowest BCUT2D eigenvalue weighted by Crippen LogP contribution is -2.57. The highest BCUT2D eigenvalue weighted by Gasteiger charge is 2.35. The Hall–Kier alpha value is -2.90. The maximum atomic E-state index is 13.4. The number of amides is 2. The molecule has 0 radical (unpaired) electrons. The predicted octanol–water partition coefficient (Wildman–Crippen LogP) is 3.97. The summed E-state index contributed by atoms with van der Waals surface area (Å²) in [5.74, 6) is 0.368. The highest BCUT2D eigenvalue weighted by Crippen LogP contribution is 2.38. The molecule has 2 atom stereocenters. The van der Waals surface area contributed by atoms with Gasteiger partial charge >= 0.3 is 0 Å². The molecule has 2 unspecified atom stereocenters. The number of piperazine rings is 1. The standard InChI is InChI=1S/C26H29N3O3S/c1-18-6-3-4-7-20(18)25-21-10-15-33-23(21)9-11-28(25)17-24(30)27-12-13-29(19(2)16-27)26(31)22-8-5-14-32-22/h3-8,10,14-15,19,25H,9,11-13,16-17H2,1-2H3. The van der Waals surface area contributed by atoms with Gasteiger partial charge in [0, 0.05) is 37.1 Å². The van der Waals surface area contributed by atoms with E-state index in [1.54, 1.807) is 17.0 Å². The Labute approximate surface area is 198 Å². The Morgan fingerprint density at radius 3 is 2.67 bits per heavy atom. The van der Waals surface area contributed by atoms with Crippen molar-refractivity contribution in [1.29, 1.82) is 0 Å². The van der Waals surface area contributed by atoms with E-state index in [9.17, 15) is 9.59 Å². The molecule has 172 valence electrons. The van der Waals surface area contributed by atoms with Crippen LogP contribution in [0.3, 0.4) is 0 Å². The topological polar surface area (TPSA) is 57.0 Å². The van der Waals surface area contributed by atoms with Crippen LogP contribution in [-0.4, -0.2) is 65.3 Å². The number of thiophene rings is 1. The molecule has 2 aliphatic heterocycles. The molecule has 33 heavy (non-hydrogen) atoms. The summed E-state index contributed by atoms with van der Waals surface area (Å²) in [6.45, 7) is 6.99. The minimum absolute atomic E-state index is 0.0581. The first-order valence-electron chi connectivity index (χ1n) is 11.5. The molecule has 1 aromatic carbocycles. The van der Waals surface area contributed by atoms with E-state index in [4.69, 9.17) is 4.42 Å². The van der Waals surface area contributed by atoms with E-state index in [2.05, 4.69) is 47.5 Å². The van der Waals surface area contributed by atoms with Crippen molar-refractivity contribution in [2.45, 2.75) is 32.4 Å². The van der Waals surface area contributed by atoms with Crippen LogP contribution in [0.4, 0.5) is 0 Å². The normalized spacial score (nSPS) is 21.2. The second kappa shape index (κ2) is 9.15. The Bertz CT molecular complexity index is 1140. The molecular weight excluding hydrogens is 434 g/mol. The van der Waals surface area contributed by atoms with Gasteiger partial charge < -0.3 is 14.2 Å². The van der Waals surface area contributed by atoms with Crippen molar-refractivity contribution >= 4 is 23.2 Å². The van der Waals surface area contributed by atoms with Gasteiger partial charge in [0.1, 0.15) is 0 Å². The van der Waals surface area contributed by atoms with Crippen LogP contribution in [0.5, 0.6) is 0 Å². The molecule has 4 heterocycles. The van der Waals surface area contributed by atoms with Gasteiger partial charge in [-0.3, -0.25) is 14.5 Å². The third-order valence-corrected chi connectivity index (χ3v) is 7.86. The largest absolute Gasteiger partial charge is 0.459 e. The maximum absolute atomic E-state index is 13.4. The van der Waals surface area contributed by atoms with Gasteiger partial charge in [-0.25, -0.2) is 0 Å². The molecule has 0 saturated carbocycles. The number of hydrogen-bond acceptors (Lipinski definition) is 5. The molecule has 0 aliphatic carbocycles. The van der Waals surface area contributed by atoms with Crippen molar-refractivity contribution < 1.29 is 14.0 Å². The summed E-state index contributed by atoms with van der Waals surface area (Å²) in [4.78, 5) is 33.6. The molecule has 5 rings (SSSR count). The Morgan fingerprint density at radius 2 is 1.91 bits per heavy atom. The molecule has 1 fully saturated rings. The highest BCUT2D eigenvalue weighted by molar-refractivity contribution is 7.10. The van der Waals surface area contributed by atoms with Crippen molar-refractivity contribution in [2.24, 2.45) is 0 Å². The molecule has 0 bridgehead atoms. The maximum Gasteiger partial charge on any atom is 0.289 e. The van der Waals surface area contributed by atoms with Crippen LogP contribution in [0.25, 0.3) is 0 Å². The quantitative estimate of drug-likeness (QED) is 0.588. The molecule has 2 amide bonds.